The van der Waals surface area contributed by atoms with Crippen LogP contribution in [0, 0.1) is 0 Å². The Morgan fingerprint density at radius 2 is 2.07 bits per heavy atom. The average Bonchev–Trinajstić information content (AvgIpc) is 2.66. The van der Waals surface area contributed by atoms with Crippen LogP contribution in [0.3, 0.4) is 0 Å². The van der Waals surface area contributed by atoms with Crippen molar-refractivity contribution in [1.82, 2.24) is 19.8 Å². The molecule has 2 heterocycles. The summed E-state index contributed by atoms with van der Waals surface area (Å²) < 4.78 is 1.67. The molecule has 0 saturated heterocycles. The van der Waals surface area contributed by atoms with Crippen molar-refractivity contribution in [2.45, 2.75) is 0 Å². The van der Waals surface area contributed by atoms with Crippen LogP contribution < -0.4 is 5.73 Å². The lowest BCUT2D eigenvalue weighted by Crippen LogP contribution is -1.98. The minimum absolute atomic E-state index is 0.510. The maximum Gasteiger partial charge on any atom is 0.178 e. The third kappa shape index (κ3) is 0.806. The van der Waals surface area contributed by atoms with Crippen LogP contribution in [0.1, 0.15) is 0 Å². The molecule has 14 heavy (non-hydrogen) atoms. The summed E-state index contributed by atoms with van der Waals surface area (Å²) in [5.41, 5.74) is 7.39. The van der Waals surface area contributed by atoms with Gasteiger partial charge in [0.25, 0.3) is 0 Å². The van der Waals surface area contributed by atoms with E-state index in [2.05, 4.69) is 15.3 Å². The SMILES string of the molecule is Nc1nc2cnnn2c2ccccc12. The van der Waals surface area contributed by atoms with Gasteiger partial charge in [-0.3, -0.25) is 0 Å². The van der Waals surface area contributed by atoms with E-state index >= 15 is 0 Å². The molecule has 0 unspecified atom stereocenters. The number of aromatic nitrogens is 4. The Balaban J connectivity index is 2.67. The minimum Gasteiger partial charge on any atom is -0.383 e. The molecule has 0 spiro atoms. The quantitative estimate of drug-likeness (QED) is 0.564. The molecule has 0 fully saturated rings. The Bertz CT molecular complexity index is 613. The van der Waals surface area contributed by atoms with Gasteiger partial charge in [0, 0.05) is 5.39 Å². The molecule has 0 aliphatic carbocycles. The number of anilines is 1. The second-order valence-electron chi connectivity index (χ2n) is 3.02. The van der Waals surface area contributed by atoms with Crippen molar-refractivity contribution in [2.24, 2.45) is 0 Å². The number of nitrogens with zero attached hydrogens (tertiary/aromatic N) is 4. The van der Waals surface area contributed by atoms with Crippen molar-refractivity contribution in [3.8, 4) is 0 Å². The molecule has 0 atom stereocenters. The monoisotopic (exact) mass is 185 g/mol. The van der Waals surface area contributed by atoms with Gasteiger partial charge >= 0.3 is 0 Å². The fourth-order valence-electron chi connectivity index (χ4n) is 1.54. The molecule has 3 aromatic rings. The fourth-order valence-corrected chi connectivity index (χ4v) is 1.54. The molecule has 0 saturated carbocycles. The predicted molar refractivity (Wildman–Crippen MR) is 52.7 cm³/mol. The maximum atomic E-state index is 5.80. The Kier molecular flexibility index (Phi) is 1.25. The van der Waals surface area contributed by atoms with Crippen LogP contribution in [-0.2, 0) is 0 Å². The van der Waals surface area contributed by atoms with E-state index in [4.69, 9.17) is 5.73 Å². The molecule has 2 aromatic heterocycles. The number of fused-ring (bicyclic) bond motifs is 3. The molecule has 5 heteroatoms. The molecule has 0 aliphatic heterocycles. The number of hydrogen-bond acceptors (Lipinski definition) is 4. The largest absolute Gasteiger partial charge is 0.383 e. The molecule has 5 nitrogen and oxygen atoms in total. The van der Waals surface area contributed by atoms with Crippen LogP contribution in [0.2, 0.25) is 0 Å². The lowest BCUT2D eigenvalue weighted by molar-refractivity contribution is 0.876. The highest BCUT2D eigenvalue weighted by molar-refractivity contribution is 5.89. The van der Waals surface area contributed by atoms with Crippen LogP contribution >= 0.6 is 0 Å². The molecule has 0 aliphatic rings. The van der Waals surface area contributed by atoms with E-state index in [0.29, 0.717) is 11.5 Å². The zero-order chi connectivity index (χ0) is 9.54. The number of benzene rings is 1. The molecular formula is C9H7N5. The third-order valence-electron chi connectivity index (χ3n) is 2.17. The van der Waals surface area contributed by atoms with E-state index in [1.54, 1.807) is 10.7 Å². The van der Waals surface area contributed by atoms with E-state index in [-0.39, 0.29) is 0 Å². The highest BCUT2D eigenvalue weighted by Crippen LogP contribution is 2.18. The van der Waals surface area contributed by atoms with Crippen molar-refractivity contribution in [3.05, 3.63) is 30.5 Å². The standard InChI is InChI=1S/C9H7N5/c10-9-6-3-1-2-4-7(6)14-8(12-9)5-11-13-14/h1-5H,(H2,10,12). The molecule has 0 bridgehead atoms. The Labute approximate surface area is 79.2 Å². The topological polar surface area (TPSA) is 69.1 Å². The first kappa shape index (κ1) is 7.25. The van der Waals surface area contributed by atoms with Crippen LogP contribution in [0.5, 0.6) is 0 Å². The fraction of sp³-hybridized carbons (Fsp3) is 0. The van der Waals surface area contributed by atoms with Gasteiger partial charge in [0.1, 0.15) is 5.82 Å². The lowest BCUT2D eigenvalue weighted by Gasteiger charge is -2.01. The third-order valence-corrected chi connectivity index (χ3v) is 2.17. The van der Waals surface area contributed by atoms with Gasteiger partial charge < -0.3 is 5.73 Å². The van der Waals surface area contributed by atoms with Crippen LogP contribution in [0.25, 0.3) is 16.6 Å². The second-order valence-corrected chi connectivity index (χ2v) is 3.02. The normalized spacial score (nSPS) is 11.1. The summed E-state index contributed by atoms with van der Waals surface area (Å²) in [5.74, 6) is 0.510. The first-order valence-electron chi connectivity index (χ1n) is 4.21. The smallest absolute Gasteiger partial charge is 0.178 e. The van der Waals surface area contributed by atoms with E-state index in [9.17, 15) is 0 Å². The van der Waals surface area contributed by atoms with E-state index < -0.39 is 0 Å². The summed E-state index contributed by atoms with van der Waals surface area (Å²) in [6.45, 7) is 0. The molecule has 1 aromatic carbocycles. The van der Waals surface area contributed by atoms with Crippen molar-refractivity contribution in [2.75, 3.05) is 5.73 Å². The first-order chi connectivity index (χ1) is 6.86. The van der Waals surface area contributed by atoms with Gasteiger partial charge in [-0.05, 0) is 12.1 Å². The van der Waals surface area contributed by atoms with Crippen molar-refractivity contribution in [1.29, 1.82) is 0 Å². The molecule has 2 N–H and O–H groups in total. The zero-order valence-corrected chi connectivity index (χ0v) is 7.25. The first-order valence-corrected chi connectivity index (χ1v) is 4.21. The van der Waals surface area contributed by atoms with Gasteiger partial charge in [0.05, 0.1) is 11.7 Å². The number of nitrogens with two attached hydrogens (primary N) is 1. The van der Waals surface area contributed by atoms with Crippen molar-refractivity contribution in [3.63, 3.8) is 0 Å². The van der Waals surface area contributed by atoms with Gasteiger partial charge in [-0.2, -0.15) is 4.52 Å². The minimum atomic E-state index is 0.510. The Hall–Kier alpha value is -2.17. The highest BCUT2D eigenvalue weighted by Gasteiger charge is 2.05. The number of nitrogen functional groups attached to an aromatic ring is 1. The molecule has 0 amide bonds. The average molecular weight is 185 g/mol. The van der Waals surface area contributed by atoms with Gasteiger partial charge in [0.2, 0.25) is 0 Å². The van der Waals surface area contributed by atoms with Gasteiger partial charge in [-0.15, -0.1) is 5.10 Å². The summed E-state index contributed by atoms with van der Waals surface area (Å²) in [6, 6.07) is 7.71. The highest BCUT2D eigenvalue weighted by atomic mass is 15.4. The number of rotatable bonds is 0. The maximum absolute atomic E-state index is 5.80. The van der Waals surface area contributed by atoms with E-state index in [1.165, 1.54) is 0 Å². The van der Waals surface area contributed by atoms with Crippen LogP contribution in [0.4, 0.5) is 5.82 Å². The number of para-hydroxylation sites is 1. The Morgan fingerprint density at radius 3 is 3.00 bits per heavy atom. The predicted octanol–water partition coefficient (Wildman–Crippen LogP) is 0.860. The van der Waals surface area contributed by atoms with E-state index in [0.717, 1.165) is 10.9 Å². The van der Waals surface area contributed by atoms with Crippen LogP contribution in [0.15, 0.2) is 30.5 Å². The molecule has 68 valence electrons. The number of hydrogen-bond donors (Lipinski definition) is 1. The summed E-state index contributed by atoms with van der Waals surface area (Å²) in [5, 5.41) is 8.62. The van der Waals surface area contributed by atoms with Crippen molar-refractivity contribution >= 4 is 22.4 Å². The summed E-state index contributed by atoms with van der Waals surface area (Å²) in [7, 11) is 0. The molecule has 3 rings (SSSR count). The summed E-state index contributed by atoms with van der Waals surface area (Å²) in [6.07, 6.45) is 1.59. The van der Waals surface area contributed by atoms with Crippen molar-refractivity contribution < 1.29 is 0 Å². The van der Waals surface area contributed by atoms with Gasteiger partial charge in [-0.1, -0.05) is 17.3 Å². The molecular weight excluding hydrogens is 178 g/mol. The van der Waals surface area contributed by atoms with Crippen LogP contribution in [-0.4, -0.2) is 19.8 Å². The summed E-state index contributed by atoms with van der Waals surface area (Å²) >= 11 is 0. The second kappa shape index (κ2) is 2.41. The van der Waals surface area contributed by atoms with Gasteiger partial charge in [-0.25, -0.2) is 4.98 Å². The van der Waals surface area contributed by atoms with Gasteiger partial charge in [0.15, 0.2) is 5.65 Å². The molecule has 0 radical (unpaired) electrons. The summed E-state index contributed by atoms with van der Waals surface area (Å²) in [4.78, 5) is 4.18. The lowest BCUT2D eigenvalue weighted by atomic mass is 10.2. The zero-order valence-electron chi connectivity index (χ0n) is 7.25. The van der Waals surface area contributed by atoms with E-state index in [1.807, 2.05) is 24.3 Å². The Morgan fingerprint density at radius 1 is 1.21 bits per heavy atom.